The second-order valence-electron chi connectivity index (χ2n) is 4.96. The van der Waals surface area contributed by atoms with Crippen LogP contribution >= 0.6 is 28.3 Å². The highest BCUT2D eigenvalue weighted by Crippen LogP contribution is 2.17. The molecule has 23 heavy (non-hydrogen) atoms. The summed E-state index contributed by atoms with van der Waals surface area (Å²) >= 11 is 3.15. The molecular formula is C15H19BrClFN4O. The van der Waals surface area contributed by atoms with Gasteiger partial charge in [-0.3, -0.25) is 9.48 Å². The molecule has 0 aliphatic rings. The minimum Gasteiger partial charge on any atom is -0.354 e. The van der Waals surface area contributed by atoms with Crippen LogP contribution in [-0.4, -0.2) is 29.3 Å². The smallest absolute Gasteiger partial charge is 0.241 e. The van der Waals surface area contributed by atoms with Crippen LogP contribution in [0.1, 0.15) is 17.2 Å². The van der Waals surface area contributed by atoms with Gasteiger partial charge in [0.1, 0.15) is 11.9 Å². The standard InChI is InChI=1S/C15H18BrFN4O.ClH/c1-18-14(11-8-20-21(2)9-11)15(22)19-6-5-10-3-4-13(17)12(16)7-10;/h3-4,7-9,14,18H,5-6H2,1-2H3,(H,19,22);1H. The normalized spacial score (nSPS) is 11.7. The number of likely N-dealkylation sites (N-methyl/N-ethyl adjacent to an activating group) is 1. The summed E-state index contributed by atoms with van der Waals surface area (Å²) < 4.78 is 15.2. The maximum absolute atomic E-state index is 13.2. The Morgan fingerprint density at radius 2 is 2.22 bits per heavy atom. The van der Waals surface area contributed by atoms with Crippen LogP contribution in [0.15, 0.2) is 35.1 Å². The van der Waals surface area contributed by atoms with Crippen molar-refractivity contribution in [2.24, 2.45) is 7.05 Å². The minimum atomic E-state index is -0.436. The van der Waals surface area contributed by atoms with Crippen LogP contribution in [0.25, 0.3) is 0 Å². The molecule has 1 aromatic heterocycles. The average Bonchev–Trinajstić information content (AvgIpc) is 2.90. The first-order valence-corrected chi connectivity index (χ1v) is 7.68. The Morgan fingerprint density at radius 3 is 2.78 bits per heavy atom. The first kappa shape index (κ1) is 19.6. The fourth-order valence-electron chi connectivity index (χ4n) is 2.17. The topological polar surface area (TPSA) is 59.0 Å². The van der Waals surface area contributed by atoms with Gasteiger partial charge >= 0.3 is 0 Å². The van der Waals surface area contributed by atoms with Crippen molar-refractivity contribution >= 4 is 34.2 Å². The highest BCUT2D eigenvalue weighted by atomic mass is 79.9. The van der Waals surface area contributed by atoms with Crippen molar-refractivity contribution in [3.8, 4) is 0 Å². The number of carbonyl (C=O) groups excluding carboxylic acids is 1. The van der Waals surface area contributed by atoms with Crippen molar-refractivity contribution < 1.29 is 9.18 Å². The molecule has 1 heterocycles. The SMILES string of the molecule is CNC(C(=O)NCCc1ccc(F)c(Br)c1)c1cnn(C)c1.Cl. The number of aryl methyl sites for hydroxylation is 1. The fraction of sp³-hybridized carbons (Fsp3) is 0.333. The Balaban J connectivity index is 0.00000264. The van der Waals surface area contributed by atoms with E-state index in [1.807, 2.05) is 0 Å². The molecule has 0 aliphatic heterocycles. The third-order valence-corrected chi connectivity index (χ3v) is 3.91. The van der Waals surface area contributed by atoms with E-state index in [2.05, 4.69) is 31.7 Å². The molecule has 0 spiro atoms. The molecule has 2 rings (SSSR count). The molecule has 1 unspecified atom stereocenters. The molecule has 8 heteroatoms. The predicted molar refractivity (Wildman–Crippen MR) is 93.1 cm³/mol. The number of benzene rings is 1. The van der Waals surface area contributed by atoms with Crippen LogP contribution in [0.5, 0.6) is 0 Å². The number of hydrogen-bond donors (Lipinski definition) is 2. The summed E-state index contributed by atoms with van der Waals surface area (Å²) in [6.07, 6.45) is 4.10. The number of rotatable bonds is 6. The molecule has 5 nitrogen and oxygen atoms in total. The summed E-state index contributed by atoms with van der Waals surface area (Å²) in [6, 6.07) is 4.41. The second kappa shape index (κ2) is 9.00. The monoisotopic (exact) mass is 404 g/mol. The zero-order chi connectivity index (χ0) is 16.1. The summed E-state index contributed by atoms with van der Waals surface area (Å²) in [6.45, 7) is 0.481. The van der Waals surface area contributed by atoms with Gasteiger partial charge in [0.05, 0.1) is 10.7 Å². The van der Waals surface area contributed by atoms with Gasteiger partial charge in [-0.2, -0.15) is 5.10 Å². The van der Waals surface area contributed by atoms with E-state index < -0.39 is 6.04 Å². The summed E-state index contributed by atoms with van der Waals surface area (Å²) in [5.74, 6) is -0.406. The van der Waals surface area contributed by atoms with E-state index in [4.69, 9.17) is 0 Å². The van der Waals surface area contributed by atoms with E-state index in [0.717, 1.165) is 11.1 Å². The van der Waals surface area contributed by atoms with Crippen LogP contribution in [-0.2, 0) is 18.3 Å². The van der Waals surface area contributed by atoms with Crippen molar-refractivity contribution in [3.05, 3.63) is 52.0 Å². The molecule has 1 atom stereocenters. The first-order valence-electron chi connectivity index (χ1n) is 6.88. The lowest BCUT2D eigenvalue weighted by Gasteiger charge is -2.14. The van der Waals surface area contributed by atoms with Gasteiger partial charge in [-0.25, -0.2) is 4.39 Å². The molecule has 0 aliphatic carbocycles. The fourth-order valence-corrected chi connectivity index (χ4v) is 2.59. The summed E-state index contributed by atoms with van der Waals surface area (Å²) in [7, 11) is 3.54. The van der Waals surface area contributed by atoms with Crippen molar-refractivity contribution in [3.63, 3.8) is 0 Å². The molecule has 1 amide bonds. The Kier molecular flexibility index (Phi) is 7.67. The minimum absolute atomic E-state index is 0. The lowest BCUT2D eigenvalue weighted by Crippen LogP contribution is -2.36. The molecule has 1 aromatic carbocycles. The van der Waals surface area contributed by atoms with Crippen molar-refractivity contribution in [2.45, 2.75) is 12.5 Å². The van der Waals surface area contributed by atoms with Crippen molar-refractivity contribution in [1.82, 2.24) is 20.4 Å². The van der Waals surface area contributed by atoms with E-state index in [1.165, 1.54) is 6.07 Å². The molecule has 0 bridgehead atoms. The molecule has 0 fully saturated rings. The molecule has 0 saturated heterocycles. The Morgan fingerprint density at radius 1 is 1.48 bits per heavy atom. The quantitative estimate of drug-likeness (QED) is 0.776. The molecular weight excluding hydrogens is 387 g/mol. The molecule has 2 aromatic rings. The van der Waals surface area contributed by atoms with Gasteiger partial charge in [0, 0.05) is 25.4 Å². The van der Waals surface area contributed by atoms with Gasteiger partial charge in [-0.1, -0.05) is 6.07 Å². The predicted octanol–water partition coefficient (Wildman–Crippen LogP) is 2.36. The molecule has 0 radical (unpaired) electrons. The lowest BCUT2D eigenvalue weighted by atomic mass is 10.1. The van der Waals surface area contributed by atoms with Crippen LogP contribution in [0.3, 0.4) is 0 Å². The van der Waals surface area contributed by atoms with Gasteiger partial charge in [0.15, 0.2) is 0 Å². The van der Waals surface area contributed by atoms with Gasteiger partial charge in [-0.15, -0.1) is 12.4 Å². The average molecular weight is 406 g/mol. The van der Waals surface area contributed by atoms with Gasteiger partial charge in [-0.05, 0) is 47.1 Å². The number of carbonyl (C=O) groups is 1. The number of hydrogen-bond acceptors (Lipinski definition) is 3. The zero-order valence-corrected chi connectivity index (χ0v) is 15.2. The van der Waals surface area contributed by atoms with Crippen molar-refractivity contribution in [1.29, 1.82) is 0 Å². The van der Waals surface area contributed by atoms with E-state index in [1.54, 1.807) is 43.3 Å². The summed E-state index contributed by atoms with van der Waals surface area (Å²) in [5.41, 5.74) is 1.77. The highest BCUT2D eigenvalue weighted by Gasteiger charge is 2.19. The van der Waals surface area contributed by atoms with Crippen molar-refractivity contribution in [2.75, 3.05) is 13.6 Å². The Labute approximate surface area is 149 Å². The number of nitrogens with zero attached hydrogens (tertiary/aromatic N) is 2. The van der Waals surface area contributed by atoms with Gasteiger partial charge in [0.25, 0.3) is 0 Å². The van der Waals surface area contributed by atoms with Gasteiger partial charge < -0.3 is 10.6 Å². The third kappa shape index (κ3) is 5.30. The first-order chi connectivity index (χ1) is 10.5. The number of amides is 1. The lowest BCUT2D eigenvalue weighted by molar-refractivity contribution is -0.123. The molecule has 0 saturated carbocycles. The number of halogens is 3. The number of aromatic nitrogens is 2. The Hall–Kier alpha value is -1.44. The molecule has 2 N–H and O–H groups in total. The summed E-state index contributed by atoms with van der Waals surface area (Å²) in [5, 5.41) is 9.92. The molecule has 126 valence electrons. The summed E-state index contributed by atoms with van der Waals surface area (Å²) in [4.78, 5) is 12.2. The Bertz CT molecular complexity index is 665. The van der Waals surface area contributed by atoms with E-state index >= 15 is 0 Å². The maximum Gasteiger partial charge on any atom is 0.241 e. The largest absolute Gasteiger partial charge is 0.354 e. The highest BCUT2D eigenvalue weighted by molar-refractivity contribution is 9.10. The van der Waals surface area contributed by atoms with Crippen LogP contribution < -0.4 is 10.6 Å². The zero-order valence-electron chi connectivity index (χ0n) is 12.8. The van der Waals surface area contributed by atoms with E-state index in [9.17, 15) is 9.18 Å². The number of nitrogens with one attached hydrogen (secondary N) is 2. The third-order valence-electron chi connectivity index (χ3n) is 3.31. The van der Waals surface area contributed by atoms with E-state index in [-0.39, 0.29) is 24.1 Å². The second-order valence-corrected chi connectivity index (χ2v) is 5.81. The van der Waals surface area contributed by atoms with Crippen LogP contribution in [0.2, 0.25) is 0 Å². The van der Waals surface area contributed by atoms with Crippen LogP contribution in [0, 0.1) is 5.82 Å². The van der Waals surface area contributed by atoms with Crippen LogP contribution in [0.4, 0.5) is 4.39 Å². The van der Waals surface area contributed by atoms with E-state index in [0.29, 0.717) is 17.4 Å². The van der Waals surface area contributed by atoms with Gasteiger partial charge in [0.2, 0.25) is 5.91 Å². The maximum atomic E-state index is 13.2.